The van der Waals surface area contributed by atoms with Gasteiger partial charge in [-0.25, -0.2) is 4.39 Å². The van der Waals surface area contributed by atoms with Crippen LogP contribution in [0.3, 0.4) is 0 Å². The number of hydrogen-bond acceptors (Lipinski definition) is 2. The molecule has 2 aliphatic rings. The van der Waals surface area contributed by atoms with E-state index in [9.17, 15) is 9.18 Å². The monoisotopic (exact) mass is 488 g/mol. The summed E-state index contributed by atoms with van der Waals surface area (Å²) in [5.41, 5.74) is 5.43. The summed E-state index contributed by atoms with van der Waals surface area (Å²) >= 11 is 6.37. The molecule has 2 aliphatic heterocycles. The number of piperidine rings is 1. The molecule has 1 fully saturated rings. The van der Waals surface area contributed by atoms with Gasteiger partial charge in [0, 0.05) is 41.3 Å². The Kier molecular flexibility index (Phi) is 5.42. The summed E-state index contributed by atoms with van der Waals surface area (Å²) < 4.78 is 22.3. The molecular weight excluding hydrogens is 463 g/mol. The summed E-state index contributed by atoms with van der Waals surface area (Å²) in [5.74, 6) is -0.295. The van der Waals surface area contributed by atoms with Crippen molar-refractivity contribution in [1.82, 2.24) is 9.47 Å². The largest absolute Gasteiger partial charge is 0.365 e. The van der Waals surface area contributed by atoms with Crippen LogP contribution in [0.25, 0.3) is 10.9 Å². The molecule has 1 amide bonds. The number of carbonyl (C=O) groups is 1. The van der Waals surface area contributed by atoms with Crippen molar-refractivity contribution >= 4 is 28.4 Å². The van der Waals surface area contributed by atoms with Crippen LogP contribution in [0.5, 0.6) is 0 Å². The molecule has 4 nitrogen and oxygen atoms in total. The summed E-state index contributed by atoms with van der Waals surface area (Å²) in [5, 5.41) is 1.42. The molecule has 0 N–H and O–H groups in total. The summed E-state index contributed by atoms with van der Waals surface area (Å²) in [6.07, 6.45) is 1.57. The van der Waals surface area contributed by atoms with Crippen LogP contribution in [0.15, 0.2) is 66.7 Å². The highest BCUT2D eigenvalue weighted by molar-refractivity contribution is 6.31. The number of carbonyl (C=O) groups excluding carboxylic acids is 1. The maximum Gasteiger partial charge on any atom is 0.256 e. The van der Waals surface area contributed by atoms with Crippen LogP contribution < -0.4 is 0 Å². The first-order valence-corrected chi connectivity index (χ1v) is 12.4. The average molecular weight is 489 g/mol. The topological polar surface area (TPSA) is 34.5 Å². The number of benzene rings is 3. The van der Waals surface area contributed by atoms with Crippen molar-refractivity contribution in [1.29, 1.82) is 0 Å². The van der Waals surface area contributed by atoms with Crippen molar-refractivity contribution in [2.24, 2.45) is 0 Å². The molecule has 3 aromatic carbocycles. The first kappa shape index (κ1) is 22.3. The van der Waals surface area contributed by atoms with Crippen molar-refractivity contribution in [2.75, 3.05) is 13.1 Å². The lowest BCUT2D eigenvalue weighted by atomic mass is 9.83. The van der Waals surface area contributed by atoms with Gasteiger partial charge in [-0.05, 0) is 60.7 Å². The highest BCUT2D eigenvalue weighted by atomic mass is 35.5. The molecule has 1 spiro atoms. The SMILES string of the molecule is Cc1c(C(=O)N2CCC3(CC2)OCc2ccccc23)c2ccccc2n1Cc1cc(F)ccc1Cl. The van der Waals surface area contributed by atoms with E-state index in [1.165, 1.54) is 23.3 Å². The Hall–Kier alpha value is -3.15. The van der Waals surface area contributed by atoms with Crippen LogP contribution in [-0.4, -0.2) is 28.5 Å². The number of amides is 1. The third-order valence-electron chi connectivity index (χ3n) is 7.65. The van der Waals surface area contributed by atoms with Crippen LogP contribution in [-0.2, 0) is 23.5 Å². The van der Waals surface area contributed by atoms with E-state index in [1.54, 1.807) is 6.07 Å². The minimum atomic E-state index is -0.326. The van der Waals surface area contributed by atoms with Crippen LogP contribution in [0, 0.1) is 12.7 Å². The fourth-order valence-electron chi connectivity index (χ4n) is 5.77. The molecule has 6 rings (SSSR count). The Labute approximate surface area is 208 Å². The van der Waals surface area contributed by atoms with Gasteiger partial charge in [-0.3, -0.25) is 4.79 Å². The van der Waals surface area contributed by atoms with Gasteiger partial charge in [-0.2, -0.15) is 0 Å². The number of ether oxygens (including phenoxy) is 1. The Bertz CT molecular complexity index is 1450. The highest BCUT2D eigenvalue weighted by Gasteiger charge is 2.43. The zero-order valence-corrected chi connectivity index (χ0v) is 20.3. The molecular formula is C29H26ClFN2O2. The maximum atomic E-state index is 13.9. The minimum absolute atomic E-state index is 0.0314. The van der Waals surface area contributed by atoms with Gasteiger partial charge >= 0.3 is 0 Å². The van der Waals surface area contributed by atoms with Gasteiger partial charge in [0.25, 0.3) is 5.91 Å². The molecule has 6 heteroatoms. The molecule has 0 bridgehead atoms. The van der Waals surface area contributed by atoms with Crippen molar-refractivity contribution < 1.29 is 13.9 Å². The molecule has 4 aromatic rings. The Balaban J connectivity index is 1.31. The van der Waals surface area contributed by atoms with Gasteiger partial charge in [-0.1, -0.05) is 54.1 Å². The molecule has 0 saturated carbocycles. The average Bonchev–Trinajstić information content (AvgIpc) is 3.37. The Morgan fingerprint density at radius 1 is 1.06 bits per heavy atom. The molecule has 178 valence electrons. The summed E-state index contributed by atoms with van der Waals surface area (Å²) in [7, 11) is 0. The number of aromatic nitrogens is 1. The lowest BCUT2D eigenvalue weighted by Gasteiger charge is -2.39. The van der Waals surface area contributed by atoms with Crippen LogP contribution in [0.2, 0.25) is 5.02 Å². The number of halogens is 2. The summed E-state index contributed by atoms with van der Waals surface area (Å²) in [6.45, 7) is 4.27. The molecule has 35 heavy (non-hydrogen) atoms. The predicted molar refractivity (Wildman–Crippen MR) is 135 cm³/mol. The number of likely N-dealkylation sites (tertiary alicyclic amines) is 1. The van der Waals surface area contributed by atoms with Gasteiger partial charge in [0.2, 0.25) is 0 Å². The van der Waals surface area contributed by atoms with Gasteiger partial charge in [0.05, 0.1) is 17.8 Å². The minimum Gasteiger partial charge on any atom is -0.365 e. The first-order valence-electron chi connectivity index (χ1n) is 12.0. The van der Waals surface area contributed by atoms with Crippen LogP contribution >= 0.6 is 11.6 Å². The van der Waals surface area contributed by atoms with E-state index in [0.29, 0.717) is 42.4 Å². The van der Waals surface area contributed by atoms with Gasteiger partial charge in [-0.15, -0.1) is 0 Å². The second kappa shape index (κ2) is 8.51. The van der Waals surface area contributed by atoms with Crippen molar-refractivity contribution in [2.45, 2.75) is 38.5 Å². The molecule has 0 unspecified atom stereocenters. The third kappa shape index (κ3) is 3.65. The Morgan fingerprint density at radius 2 is 1.80 bits per heavy atom. The lowest BCUT2D eigenvalue weighted by molar-refractivity contribution is -0.0741. The van der Waals surface area contributed by atoms with E-state index in [2.05, 4.69) is 28.8 Å². The highest BCUT2D eigenvalue weighted by Crippen LogP contribution is 2.44. The smallest absolute Gasteiger partial charge is 0.256 e. The van der Waals surface area contributed by atoms with Gasteiger partial charge < -0.3 is 14.2 Å². The van der Waals surface area contributed by atoms with Gasteiger partial charge in [0.1, 0.15) is 5.82 Å². The number of nitrogens with zero attached hydrogens (tertiary/aromatic N) is 2. The van der Waals surface area contributed by atoms with E-state index < -0.39 is 0 Å². The molecule has 3 heterocycles. The van der Waals surface area contributed by atoms with E-state index in [-0.39, 0.29) is 17.3 Å². The van der Waals surface area contributed by atoms with E-state index in [4.69, 9.17) is 16.3 Å². The molecule has 1 saturated heterocycles. The number of rotatable bonds is 3. The number of para-hydroxylation sites is 1. The Morgan fingerprint density at radius 3 is 2.63 bits per heavy atom. The lowest BCUT2D eigenvalue weighted by Crippen LogP contribution is -2.45. The maximum absolute atomic E-state index is 13.9. The van der Waals surface area contributed by atoms with Crippen molar-refractivity contribution in [3.05, 3.63) is 106 Å². The molecule has 0 atom stereocenters. The molecule has 0 radical (unpaired) electrons. The van der Waals surface area contributed by atoms with Gasteiger partial charge in [0.15, 0.2) is 0 Å². The zero-order valence-electron chi connectivity index (χ0n) is 19.6. The normalized spacial score (nSPS) is 16.7. The fraction of sp³-hybridized carbons (Fsp3) is 0.276. The number of hydrogen-bond donors (Lipinski definition) is 0. The van der Waals surface area contributed by atoms with E-state index in [1.807, 2.05) is 36.1 Å². The first-order chi connectivity index (χ1) is 17.0. The second-order valence-corrected chi connectivity index (χ2v) is 9.94. The van der Waals surface area contributed by atoms with Crippen molar-refractivity contribution in [3.63, 3.8) is 0 Å². The van der Waals surface area contributed by atoms with E-state index >= 15 is 0 Å². The number of fused-ring (bicyclic) bond motifs is 3. The van der Waals surface area contributed by atoms with E-state index in [0.717, 1.165) is 29.4 Å². The quantitative estimate of drug-likeness (QED) is 0.332. The summed E-state index contributed by atoms with van der Waals surface area (Å²) in [6, 6.07) is 20.7. The molecule has 1 aromatic heterocycles. The third-order valence-corrected chi connectivity index (χ3v) is 8.02. The molecule has 0 aliphatic carbocycles. The zero-order chi connectivity index (χ0) is 24.2. The standard InChI is InChI=1S/C29H26ClFN2O2/c1-19-27(23-7-3-5-9-26(23)33(19)17-21-16-22(31)10-11-25(21)30)28(34)32-14-12-29(13-15-32)24-8-4-2-6-20(24)18-35-29/h2-11,16H,12-15,17-18H2,1H3. The summed E-state index contributed by atoms with van der Waals surface area (Å²) in [4.78, 5) is 15.8. The van der Waals surface area contributed by atoms with Crippen LogP contribution in [0.1, 0.15) is 45.6 Å². The van der Waals surface area contributed by atoms with Crippen LogP contribution in [0.4, 0.5) is 4.39 Å². The second-order valence-electron chi connectivity index (χ2n) is 9.53. The van der Waals surface area contributed by atoms with Crippen molar-refractivity contribution in [3.8, 4) is 0 Å². The predicted octanol–water partition coefficient (Wildman–Crippen LogP) is 6.45. The fourth-order valence-corrected chi connectivity index (χ4v) is 5.94.